The number of hydrogen-bond donors (Lipinski definition) is 1. The molecule has 0 saturated heterocycles. The van der Waals surface area contributed by atoms with Gasteiger partial charge in [0.15, 0.2) is 5.16 Å². The van der Waals surface area contributed by atoms with Crippen molar-refractivity contribution in [3.8, 4) is 16.9 Å². The van der Waals surface area contributed by atoms with E-state index in [4.69, 9.17) is 0 Å². The lowest BCUT2D eigenvalue weighted by Gasteiger charge is -2.09. The normalized spacial score (nSPS) is 11.6. The first-order valence-corrected chi connectivity index (χ1v) is 11.1. The summed E-state index contributed by atoms with van der Waals surface area (Å²) in [5, 5.41) is 14.9. The molecule has 4 aromatic rings. The molecule has 152 valence electrons. The van der Waals surface area contributed by atoms with Crippen LogP contribution in [0.25, 0.3) is 16.9 Å². The average Bonchev–Trinajstić information content (AvgIpc) is 3.38. The van der Waals surface area contributed by atoms with Gasteiger partial charge in [-0.05, 0) is 24.6 Å². The second kappa shape index (κ2) is 9.10. The number of amides is 1. The number of thioether (sulfide) groups is 1. The molecule has 1 N–H and O–H groups in total. The van der Waals surface area contributed by atoms with Crippen LogP contribution in [0, 0.1) is 6.92 Å². The van der Waals surface area contributed by atoms with E-state index in [1.807, 2.05) is 41.9 Å². The molecule has 0 aliphatic rings. The lowest BCUT2D eigenvalue weighted by molar-refractivity contribution is -0.118. The molecular weight excluding hydrogens is 416 g/mol. The van der Waals surface area contributed by atoms with Crippen molar-refractivity contribution < 1.29 is 4.79 Å². The van der Waals surface area contributed by atoms with Gasteiger partial charge in [0.05, 0.1) is 11.4 Å². The first-order valence-electron chi connectivity index (χ1n) is 9.24. The number of para-hydroxylation sites is 1. The van der Waals surface area contributed by atoms with Gasteiger partial charge in [-0.1, -0.05) is 59.8 Å². The molecule has 2 aromatic carbocycles. The number of carbonyl (C=O) groups is 1. The predicted octanol–water partition coefficient (Wildman–Crippen LogP) is 3.37. The van der Waals surface area contributed by atoms with Crippen molar-refractivity contribution in [1.29, 1.82) is 0 Å². The number of thiazole rings is 1. The van der Waals surface area contributed by atoms with Crippen LogP contribution in [0.1, 0.15) is 5.56 Å². The Bertz CT molecular complexity index is 1210. The predicted molar refractivity (Wildman–Crippen MR) is 119 cm³/mol. The van der Waals surface area contributed by atoms with Crippen LogP contribution in [0.5, 0.6) is 0 Å². The zero-order chi connectivity index (χ0) is 20.9. The Balaban J connectivity index is 1.61. The minimum Gasteiger partial charge on any atom is -0.312 e. The van der Waals surface area contributed by atoms with Gasteiger partial charge in [0.25, 0.3) is 5.91 Å². The number of nitrogens with one attached hydrogen (secondary N) is 1. The molecule has 2 heterocycles. The molecule has 30 heavy (non-hydrogen) atoms. The summed E-state index contributed by atoms with van der Waals surface area (Å²) in [4.78, 5) is 13.0. The van der Waals surface area contributed by atoms with Crippen LogP contribution in [-0.4, -0.2) is 31.0 Å². The second-order valence-corrected chi connectivity index (χ2v) is 8.38. The van der Waals surface area contributed by atoms with E-state index >= 15 is 0 Å². The molecule has 0 aliphatic heterocycles. The fourth-order valence-corrected chi connectivity index (χ4v) is 4.36. The first kappa shape index (κ1) is 20.1. The molecule has 0 unspecified atom stereocenters. The van der Waals surface area contributed by atoms with Crippen molar-refractivity contribution in [2.75, 3.05) is 5.75 Å². The molecule has 0 spiro atoms. The van der Waals surface area contributed by atoms with Crippen LogP contribution in [-0.2, 0) is 11.8 Å². The minimum absolute atomic E-state index is 0.201. The van der Waals surface area contributed by atoms with Crippen molar-refractivity contribution in [3.05, 3.63) is 76.7 Å². The topological polar surface area (TPSA) is 77.1 Å². The zero-order valence-corrected chi connectivity index (χ0v) is 18.2. The van der Waals surface area contributed by atoms with Gasteiger partial charge in [-0.2, -0.15) is 0 Å². The SMILES string of the molecule is Cc1ccc(-c2cs/c(=N/NC(=O)CSc3nncn3C)n2-c2ccccc2)cc1. The molecule has 7 nitrogen and oxygen atoms in total. The van der Waals surface area contributed by atoms with Crippen LogP contribution >= 0.6 is 23.1 Å². The molecule has 0 saturated carbocycles. The monoisotopic (exact) mass is 436 g/mol. The number of nitrogens with zero attached hydrogens (tertiary/aromatic N) is 5. The minimum atomic E-state index is -0.201. The van der Waals surface area contributed by atoms with Gasteiger partial charge in [0, 0.05) is 18.1 Å². The van der Waals surface area contributed by atoms with E-state index in [9.17, 15) is 4.79 Å². The molecule has 0 aliphatic carbocycles. The van der Waals surface area contributed by atoms with E-state index in [0.717, 1.165) is 16.9 Å². The van der Waals surface area contributed by atoms with E-state index in [1.54, 1.807) is 10.9 Å². The molecule has 2 aromatic heterocycles. The van der Waals surface area contributed by atoms with E-state index in [0.29, 0.717) is 9.96 Å². The lowest BCUT2D eigenvalue weighted by atomic mass is 10.1. The average molecular weight is 437 g/mol. The van der Waals surface area contributed by atoms with Gasteiger partial charge in [-0.15, -0.1) is 26.6 Å². The summed E-state index contributed by atoms with van der Waals surface area (Å²) in [5.41, 5.74) is 6.96. The Hall–Kier alpha value is -3.17. The Morgan fingerprint density at radius 1 is 1.17 bits per heavy atom. The van der Waals surface area contributed by atoms with Crippen LogP contribution in [0.15, 0.2) is 76.6 Å². The summed E-state index contributed by atoms with van der Waals surface area (Å²) in [6.07, 6.45) is 1.60. The number of aromatic nitrogens is 4. The largest absolute Gasteiger partial charge is 0.312 e. The van der Waals surface area contributed by atoms with E-state index in [2.05, 4.69) is 57.3 Å². The summed E-state index contributed by atoms with van der Waals surface area (Å²) in [7, 11) is 1.84. The van der Waals surface area contributed by atoms with E-state index in [-0.39, 0.29) is 11.7 Å². The quantitative estimate of drug-likeness (QED) is 0.371. The fraction of sp³-hybridized carbons (Fsp3) is 0.143. The highest BCUT2D eigenvalue weighted by atomic mass is 32.2. The van der Waals surface area contributed by atoms with Gasteiger partial charge < -0.3 is 4.57 Å². The molecule has 0 fully saturated rings. The Morgan fingerprint density at radius 2 is 1.93 bits per heavy atom. The molecule has 0 bridgehead atoms. The van der Waals surface area contributed by atoms with Gasteiger partial charge in [0.1, 0.15) is 6.33 Å². The third-order valence-electron chi connectivity index (χ3n) is 4.35. The third-order valence-corrected chi connectivity index (χ3v) is 6.21. The van der Waals surface area contributed by atoms with Crippen molar-refractivity contribution in [1.82, 2.24) is 24.8 Å². The van der Waals surface area contributed by atoms with Gasteiger partial charge in [-0.3, -0.25) is 9.36 Å². The maximum Gasteiger partial charge on any atom is 0.250 e. The summed E-state index contributed by atoms with van der Waals surface area (Å²) in [6, 6.07) is 18.4. The highest BCUT2D eigenvalue weighted by Crippen LogP contribution is 2.23. The van der Waals surface area contributed by atoms with E-state index in [1.165, 1.54) is 28.7 Å². The fourth-order valence-electron chi connectivity index (χ4n) is 2.82. The molecule has 4 rings (SSSR count). The van der Waals surface area contributed by atoms with Gasteiger partial charge >= 0.3 is 0 Å². The Morgan fingerprint density at radius 3 is 2.63 bits per heavy atom. The van der Waals surface area contributed by atoms with Crippen LogP contribution in [0.2, 0.25) is 0 Å². The number of carbonyl (C=O) groups excluding carboxylic acids is 1. The Kier molecular flexibility index (Phi) is 6.10. The number of rotatable bonds is 6. The van der Waals surface area contributed by atoms with Crippen molar-refractivity contribution in [2.45, 2.75) is 12.1 Å². The summed E-state index contributed by atoms with van der Waals surface area (Å²) < 4.78 is 3.82. The van der Waals surface area contributed by atoms with Crippen LogP contribution in [0.4, 0.5) is 0 Å². The standard InChI is InChI=1S/C21H20N6OS2/c1-15-8-10-16(11-9-15)18-12-29-21(27(18)17-6-4-3-5-7-17)25-23-19(28)13-30-20-24-22-14-26(20)2/h3-12,14H,13H2,1-2H3,(H,23,28)/b25-21+. The molecule has 9 heteroatoms. The number of aryl methyl sites for hydroxylation is 2. The first-order chi connectivity index (χ1) is 14.6. The maximum absolute atomic E-state index is 12.3. The maximum atomic E-state index is 12.3. The number of benzene rings is 2. The van der Waals surface area contributed by atoms with Crippen LogP contribution < -0.4 is 10.2 Å². The van der Waals surface area contributed by atoms with Gasteiger partial charge in [-0.25, -0.2) is 5.43 Å². The summed E-state index contributed by atoms with van der Waals surface area (Å²) >= 11 is 2.79. The lowest BCUT2D eigenvalue weighted by Crippen LogP contribution is -2.25. The molecule has 0 radical (unpaired) electrons. The second-order valence-electron chi connectivity index (χ2n) is 6.60. The van der Waals surface area contributed by atoms with E-state index < -0.39 is 0 Å². The summed E-state index contributed by atoms with van der Waals surface area (Å²) in [6.45, 7) is 2.07. The van der Waals surface area contributed by atoms with Crippen molar-refractivity contribution in [2.24, 2.45) is 12.1 Å². The molecule has 1 amide bonds. The van der Waals surface area contributed by atoms with Gasteiger partial charge in [0.2, 0.25) is 4.80 Å². The third kappa shape index (κ3) is 4.52. The highest BCUT2D eigenvalue weighted by Gasteiger charge is 2.11. The summed E-state index contributed by atoms with van der Waals surface area (Å²) in [5.74, 6) is 0.00490. The van der Waals surface area contributed by atoms with Crippen molar-refractivity contribution >= 4 is 29.0 Å². The zero-order valence-electron chi connectivity index (χ0n) is 16.5. The highest BCUT2D eigenvalue weighted by molar-refractivity contribution is 7.99. The Labute approximate surface area is 182 Å². The van der Waals surface area contributed by atoms with Crippen LogP contribution in [0.3, 0.4) is 0 Å². The van der Waals surface area contributed by atoms with Crippen molar-refractivity contribution in [3.63, 3.8) is 0 Å². The number of hydrogen-bond acceptors (Lipinski definition) is 6. The molecular formula is C21H20N6OS2. The smallest absolute Gasteiger partial charge is 0.250 e. The molecule has 0 atom stereocenters.